The first kappa shape index (κ1) is 10.2. The summed E-state index contributed by atoms with van der Waals surface area (Å²) in [6, 6.07) is 6.52. The Morgan fingerprint density at radius 2 is 2.06 bits per heavy atom. The molecule has 2 N–H and O–H groups in total. The molecule has 0 radical (unpaired) electrons. The molecule has 2 nitrogen and oxygen atoms in total. The first-order valence-corrected chi connectivity index (χ1v) is 6.24. The predicted octanol–water partition coefficient (Wildman–Crippen LogP) is 3.09. The van der Waals surface area contributed by atoms with Gasteiger partial charge in [0.1, 0.15) is 11.4 Å². The van der Waals surface area contributed by atoms with Gasteiger partial charge in [-0.1, -0.05) is 17.7 Å². The molecule has 1 aromatic carbocycles. The van der Waals surface area contributed by atoms with Crippen molar-refractivity contribution >= 4 is 0 Å². The van der Waals surface area contributed by atoms with E-state index in [9.17, 15) is 0 Å². The average molecular weight is 217 g/mol. The van der Waals surface area contributed by atoms with Gasteiger partial charge in [-0.15, -0.1) is 0 Å². The van der Waals surface area contributed by atoms with E-state index in [1.807, 2.05) is 0 Å². The third-order valence-electron chi connectivity index (χ3n) is 4.00. The number of nitrogens with two attached hydrogens (primary N) is 1. The molecule has 3 rings (SSSR count). The standard InChI is InChI=1S/C14H19NO/c1-10-4-5-13-11(8-10)12(15)9-14(16-13)6-2-3-7-14/h4-5,8,12H,2-3,6-7,9,15H2,1H3/t12-/m0/s1. The van der Waals surface area contributed by atoms with E-state index in [-0.39, 0.29) is 11.6 Å². The van der Waals surface area contributed by atoms with Crippen molar-refractivity contribution in [2.24, 2.45) is 5.73 Å². The smallest absolute Gasteiger partial charge is 0.124 e. The fourth-order valence-electron chi connectivity index (χ4n) is 3.16. The van der Waals surface area contributed by atoms with Gasteiger partial charge in [0.05, 0.1) is 0 Å². The van der Waals surface area contributed by atoms with Crippen molar-refractivity contribution in [3.05, 3.63) is 29.3 Å². The van der Waals surface area contributed by atoms with Crippen LogP contribution >= 0.6 is 0 Å². The number of hydrogen-bond acceptors (Lipinski definition) is 2. The monoisotopic (exact) mass is 217 g/mol. The summed E-state index contributed by atoms with van der Waals surface area (Å²) in [4.78, 5) is 0. The highest BCUT2D eigenvalue weighted by Crippen LogP contribution is 2.46. The molecule has 0 unspecified atom stereocenters. The van der Waals surface area contributed by atoms with Crippen molar-refractivity contribution in [1.29, 1.82) is 0 Å². The second-order valence-corrected chi connectivity index (χ2v) is 5.34. The van der Waals surface area contributed by atoms with Gasteiger partial charge >= 0.3 is 0 Å². The van der Waals surface area contributed by atoms with Crippen LogP contribution in [0.5, 0.6) is 5.75 Å². The van der Waals surface area contributed by atoms with Crippen molar-refractivity contribution in [2.75, 3.05) is 0 Å². The minimum absolute atomic E-state index is 0.0572. The molecule has 16 heavy (non-hydrogen) atoms. The number of aryl methyl sites for hydroxylation is 1. The van der Waals surface area contributed by atoms with Crippen LogP contribution < -0.4 is 10.5 Å². The van der Waals surface area contributed by atoms with Gasteiger partial charge in [0.2, 0.25) is 0 Å². The summed E-state index contributed by atoms with van der Waals surface area (Å²) >= 11 is 0. The summed E-state index contributed by atoms with van der Waals surface area (Å²) in [5.74, 6) is 1.02. The zero-order valence-electron chi connectivity index (χ0n) is 9.83. The Hall–Kier alpha value is -1.02. The van der Waals surface area contributed by atoms with Crippen molar-refractivity contribution in [1.82, 2.24) is 0 Å². The summed E-state index contributed by atoms with van der Waals surface area (Å²) in [6.45, 7) is 2.10. The van der Waals surface area contributed by atoms with Gasteiger partial charge in [0, 0.05) is 18.0 Å². The molecule has 1 saturated carbocycles. The molecule has 0 saturated heterocycles. The molecular formula is C14H19NO. The Labute approximate surface area is 96.8 Å². The van der Waals surface area contributed by atoms with E-state index in [4.69, 9.17) is 10.5 Å². The quantitative estimate of drug-likeness (QED) is 0.724. The Morgan fingerprint density at radius 3 is 2.81 bits per heavy atom. The van der Waals surface area contributed by atoms with Crippen molar-refractivity contribution in [2.45, 2.75) is 50.7 Å². The normalized spacial score (nSPS) is 26.5. The Balaban J connectivity index is 1.99. The van der Waals surface area contributed by atoms with Crippen molar-refractivity contribution in [3.63, 3.8) is 0 Å². The molecule has 1 atom stereocenters. The summed E-state index contributed by atoms with van der Waals surface area (Å²) in [5.41, 5.74) is 8.80. The number of hydrogen-bond donors (Lipinski definition) is 1. The maximum absolute atomic E-state index is 6.29. The molecule has 0 amide bonds. The van der Waals surface area contributed by atoms with Crippen LogP contribution in [0.25, 0.3) is 0 Å². The predicted molar refractivity (Wildman–Crippen MR) is 64.6 cm³/mol. The van der Waals surface area contributed by atoms with Crippen LogP contribution in [-0.2, 0) is 0 Å². The minimum atomic E-state index is 0.0572. The molecule has 1 aliphatic carbocycles. The molecule has 1 aromatic rings. The van der Waals surface area contributed by atoms with Crippen molar-refractivity contribution in [3.8, 4) is 5.75 Å². The average Bonchev–Trinajstić information content (AvgIpc) is 2.68. The first-order chi connectivity index (χ1) is 7.69. The summed E-state index contributed by atoms with van der Waals surface area (Å²) in [6.07, 6.45) is 5.91. The fraction of sp³-hybridized carbons (Fsp3) is 0.571. The lowest BCUT2D eigenvalue weighted by Gasteiger charge is -2.38. The number of fused-ring (bicyclic) bond motifs is 1. The van der Waals surface area contributed by atoms with Crippen LogP contribution in [0, 0.1) is 6.92 Å². The zero-order valence-corrected chi connectivity index (χ0v) is 9.83. The molecule has 1 aliphatic heterocycles. The molecule has 2 aliphatic rings. The molecule has 1 heterocycles. The summed E-state index contributed by atoms with van der Waals surface area (Å²) in [7, 11) is 0. The van der Waals surface area contributed by atoms with Crippen LogP contribution in [0.1, 0.15) is 49.3 Å². The molecule has 0 aromatic heterocycles. The van der Waals surface area contributed by atoms with Gasteiger partial charge in [-0.3, -0.25) is 0 Å². The second-order valence-electron chi connectivity index (χ2n) is 5.34. The van der Waals surface area contributed by atoms with E-state index < -0.39 is 0 Å². The first-order valence-electron chi connectivity index (χ1n) is 6.24. The Kier molecular flexibility index (Phi) is 2.21. The highest BCUT2D eigenvalue weighted by atomic mass is 16.5. The molecule has 2 heteroatoms. The van der Waals surface area contributed by atoms with Crippen molar-refractivity contribution < 1.29 is 4.74 Å². The third kappa shape index (κ3) is 1.52. The molecular weight excluding hydrogens is 198 g/mol. The Morgan fingerprint density at radius 1 is 1.31 bits per heavy atom. The topological polar surface area (TPSA) is 35.2 Å². The highest BCUT2D eigenvalue weighted by molar-refractivity contribution is 5.41. The lowest BCUT2D eigenvalue weighted by Crippen LogP contribution is -2.40. The third-order valence-corrected chi connectivity index (χ3v) is 4.00. The van der Waals surface area contributed by atoms with Gasteiger partial charge in [0.15, 0.2) is 0 Å². The lowest BCUT2D eigenvalue weighted by molar-refractivity contribution is 0.0426. The second kappa shape index (κ2) is 3.49. The van der Waals surface area contributed by atoms with Gasteiger partial charge in [-0.25, -0.2) is 0 Å². The van der Waals surface area contributed by atoms with E-state index in [2.05, 4.69) is 25.1 Å². The van der Waals surface area contributed by atoms with Gasteiger partial charge < -0.3 is 10.5 Å². The summed E-state index contributed by atoms with van der Waals surface area (Å²) < 4.78 is 6.23. The zero-order chi connectivity index (χ0) is 11.2. The summed E-state index contributed by atoms with van der Waals surface area (Å²) in [5, 5.41) is 0. The van der Waals surface area contributed by atoms with Crippen LogP contribution in [0.3, 0.4) is 0 Å². The molecule has 0 bridgehead atoms. The van der Waals surface area contributed by atoms with Gasteiger partial charge in [-0.05, 0) is 38.7 Å². The SMILES string of the molecule is Cc1ccc2c(c1)[C@@H](N)CC1(CCCC1)O2. The van der Waals surface area contributed by atoms with E-state index in [1.165, 1.54) is 36.8 Å². The molecule has 86 valence electrons. The lowest BCUT2D eigenvalue weighted by atomic mass is 9.86. The van der Waals surface area contributed by atoms with E-state index >= 15 is 0 Å². The number of ether oxygens (including phenoxy) is 1. The maximum atomic E-state index is 6.29. The Bertz CT molecular complexity index is 407. The highest BCUT2D eigenvalue weighted by Gasteiger charge is 2.41. The van der Waals surface area contributed by atoms with Crippen LogP contribution in [-0.4, -0.2) is 5.60 Å². The molecule has 1 fully saturated rings. The maximum Gasteiger partial charge on any atom is 0.124 e. The van der Waals surface area contributed by atoms with Gasteiger partial charge in [0.25, 0.3) is 0 Å². The largest absolute Gasteiger partial charge is 0.487 e. The van der Waals surface area contributed by atoms with Crippen LogP contribution in [0.15, 0.2) is 18.2 Å². The molecule has 1 spiro atoms. The van der Waals surface area contributed by atoms with E-state index in [1.54, 1.807) is 0 Å². The van der Waals surface area contributed by atoms with Crippen LogP contribution in [0.2, 0.25) is 0 Å². The van der Waals surface area contributed by atoms with E-state index in [0.29, 0.717) is 0 Å². The fourth-order valence-corrected chi connectivity index (χ4v) is 3.16. The van der Waals surface area contributed by atoms with E-state index in [0.717, 1.165) is 12.2 Å². The number of rotatable bonds is 0. The minimum Gasteiger partial charge on any atom is -0.487 e. The van der Waals surface area contributed by atoms with Gasteiger partial charge in [-0.2, -0.15) is 0 Å². The van der Waals surface area contributed by atoms with Crippen LogP contribution in [0.4, 0.5) is 0 Å². The number of benzene rings is 1.